The molecule has 3 amide bonds. The Hall–Kier alpha value is -3.14. The van der Waals surface area contributed by atoms with Crippen molar-refractivity contribution in [3.63, 3.8) is 0 Å². The van der Waals surface area contributed by atoms with Crippen LogP contribution in [0.3, 0.4) is 0 Å². The maximum Gasteiger partial charge on any atom is 0.416 e. The summed E-state index contributed by atoms with van der Waals surface area (Å²) in [6, 6.07) is 5.69. The molecule has 0 aliphatic heterocycles. The maximum absolute atomic E-state index is 13.7. The lowest BCUT2D eigenvalue weighted by molar-refractivity contribution is -0.137. The Morgan fingerprint density at radius 3 is 2.22 bits per heavy atom. The van der Waals surface area contributed by atoms with E-state index < -0.39 is 46.5 Å². The van der Waals surface area contributed by atoms with E-state index in [1.54, 1.807) is 24.0 Å². The quantitative estimate of drug-likeness (QED) is 0.468. The lowest BCUT2D eigenvalue weighted by Gasteiger charge is -2.23. The van der Waals surface area contributed by atoms with E-state index >= 15 is 0 Å². The highest BCUT2D eigenvalue weighted by atomic mass is 35.5. The zero-order chi connectivity index (χ0) is 26.8. The molecule has 1 aliphatic carbocycles. The van der Waals surface area contributed by atoms with E-state index in [0.29, 0.717) is 42.4 Å². The Morgan fingerprint density at radius 1 is 1.06 bits per heavy atom. The van der Waals surface area contributed by atoms with Gasteiger partial charge in [0.15, 0.2) is 0 Å². The number of nitrogens with one attached hydrogen (secondary N) is 2. The van der Waals surface area contributed by atoms with Crippen molar-refractivity contribution in [2.75, 3.05) is 13.1 Å². The molecule has 1 aliphatic rings. The fraction of sp³-hybridized carbons (Fsp3) is 0.400. The van der Waals surface area contributed by atoms with Gasteiger partial charge in [-0.15, -0.1) is 0 Å². The van der Waals surface area contributed by atoms with Crippen LogP contribution in [-0.2, 0) is 11.0 Å². The van der Waals surface area contributed by atoms with Gasteiger partial charge < -0.3 is 15.5 Å². The van der Waals surface area contributed by atoms with Gasteiger partial charge in [-0.25, -0.2) is 4.39 Å². The maximum atomic E-state index is 13.7. The number of hydrogen-bond donors (Lipinski definition) is 2. The summed E-state index contributed by atoms with van der Waals surface area (Å²) in [5, 5.41) is 5.46. The average Bonchev–Trinajstić information content (AvgIpc) is 3.59. The molecule has 0 saturated heterocycles. The number of carbonyl (C=O) groups is 3. The first kappa shape index (κ1) is 27.4. The largest absolute Gasteiger partial charge is 0.416 e. The molecule has 36 heavy (non-hydrogen) atoms. The van der Waals surface area contributed by atoms with Gasteiger partial charge in [0, 0.05) is 29.2 Å². The Morgan fingerprint density at radius 2 is 1.69 bits per heavy atom. The standard InChI is InChI=1S/C25H26ClF4N3O3/c1-4-33(5-2)22(35)15-6-7-19(20(26)12-15)14(3)31-23(36)24(8-9-24)32-21(34)16-10-17(25(28,29)30)13-18(27)11-16/h6-7,10-14H,4-5,8-9H2,1-3H3,(H,31,36)(H,32,34)/t14-/m1/s1. The number of halogens is 5. The lowest BCUT2D eigenvalue weighted by Crippen LogP contribution is -2.49. The molecule has 3 rings (SSSR count). The van der Waals surface area contributed by atoms with Gasteiger partial charge in [-0.3, -0.25) is 14.4 Å². The molecule has 2 N–H and O–H groups in total. The Bertz CT molecular complexity index is 1180. The van der Waals surface area contributed by atoms with Crippen LogP contribution in [0.15, 0.2) is 36.4 Å². The molecule has 0 heterocycles. The normalized spacial score (nSPS) is 15.1. The van der Waals surface area contributed by atoms with Crippen LogP contribution < -0.4 is 10.6 Å². The number of nitrogens with zero attached hydrogens (tertiary/aromatic N) is 1. The highest BCUT2D eigenvalue weighted by molar-refractivity contribution is 6.31. The average molecular weight is 528 g/mol. The monoisotopic (exact) mass is 527 g/mol. The molecule has 0 radical (unpaired) electrons. The van der Waals surface area contributed by atoms with Crippen LogP contribution in [0.25, 0.3) is 0 Å². The summed E-state index contributed by atoms with van der Waals surface area (Å²) in [4.78, 5) is 39.7. The molecular weight excluding hydrogens is 502 g/mol. The molecule has 6 nitrogen and oxygen atoms in total. The van der Waals surface area contributed by atoms with E-state index in [0.717, 1.165) is 0 Å². The first-order valence-corrected chi connectivity index (χ1v) is 11.8. The van der Waals surface area contributed by atoms with Crippen LogP contribution in [0.4, 0.5) is 17.6 Å². The van der Waals surface area contributed by atoms with Gasteiger partial charge in [0.2, 0.25) is 5.91 Å². The zero-order valence-corrected chi connectivity index (χ0v) is 20.7. The molecule has 0 aromatic heterocycles. The summed E-state index contributed by atoms with van der Waals surface area (Å²) < 4.78 is 52.6. The molecule has 11 heteroatoms. The number of amides is 3. The predicted octanol–water partition coefficient (Wildman–Crippen LogP) is 5.12. The van der Waals surface area contributed by atoms with Crippen molar-refractivity contribution >= 4 is 29.3 Å². The number of benzene rings is 2. The van der Waals surface area contributed by atoms with Crippen molar-refractivity contribution in [2.45, 2.75) is 51.4 Å². The minimum Gasteiger partial charge on any atom is -0.347 e. The highest BCUT2D eigenvalue weighted by Gasteiger charge is 2.51. The first-order valence-electron chi connectivity index (χ1n) is 11.4. The van der Waals surface area contributed by atoms with E-state index in [2.05, 4.69) is 10.6 Å². The fourth-order valence-corrected chi connectivity index (χ4v) is 4.17. The minimum atomic E-state index is -4.83. The molecule has 2 aromatic rings. The van der Waals surface area contributed by atoms with E-state index in [1.807, 2.05) is 13.8 Å². The van der Waals surface area contributed by atoms with Crippen molar-refractivity contribution in [1.29, 1.82) is 0 Å². The lowest BCUT2D eigenvalue weighted by atomic mass is 10.0. The second-order valence-electron chi connectivity index (χ2n) is 8.67. The summed E-state index contributed by atoms with van der Waals surface area (Å²) in [6.45, 7) is 6.49. The van der Waals surface area contributed by atoms with Gasteiger partial charge in [-0.05, 0) is 69.5 Å². The van der Waals surface area contributed by atoms with Crippen LogP contribution in [0.5, 0.6) is 0 Å². The number of carbonyl (C=O) groups excluding carboxylic acids is 3. The molecule has 0 bridgehead atoms. The predicted molar refractivity (Wildman–Crippen MR) is 126 cm³/mol. The van der Waals surface area contributed by atoms with Gasteiger partial charge in [0.1, 0.15) is 11.4 Å². The van der Waals surface area contributed by atoms with Crippen LogP contribution in [0.2, 0.25) is 5.02 Å². The minimum absolute atomic E-state index is 0.171. The van der Waals surface area contributed by atoms with Crippen molar-refractivity contribution < 1.29 is 31.9 Å². The van der Waals surface area contributed by atoms with Crippen molar-refractivity contribution in [3.8, 4) is 0 Å². The molecule has 1 saturated carbocycles. The molecular formula is C25H26ClF4N3O3. The molecule has 1 fully saturated rings. The van der Waals surface area contributed by atoms with Crippen molar-refractivity contribution in [1.82, 2.24) is 15.5 Å². The molecule has 0 unspecified atom stereocenters. The Balaban J connectivity index is 1.71. The smallest absolute Gasteiger partial charge is 0.347 e. The van der Waals surface area contributed by atoms with E-state index in [1.165, 1.54) is 6.07 Å². The Labute approximate surface area is 211 Å². The third-order valence-electron chi connectivity index (χ3n) is 6.14. The summed E-state index contributed by atoms with van der Waals surface area (Å²) >= 11 is 6.38. The summed E-state index contributed by atoms with van der Waals surface area (Å²) in [6.07, 6.45) is -4.29. The van der Waals surface area contributed by atoms with Crippen LogP contribution in [0, 0.1) is 5.82 Å². The fourth-order valence-electron chi connectivity index (χ4n) is 3.82. The number of rotatable bonds is 8. The number of alkyl halides is 3. The van der Waals surface area contributed by atoms with Gasteiger partial charge >= 0.3 is 6.18 Å². The van der Waals surface area contributed by atoms with Gasteiger partial charge in [-0.2, -0.15) is 13.2 Å². The second kappa shape index (κ2) is 10.5. The first-order chi connectivity index (χ1) is 16.8. The molecule has 0 spiro atoms. The summed E-state index contributed by atoms with van der Waals surface area (Å²) in [5.74, 6) is -2.92. The van der Waals surface area contributed by atoms with E-state index in [9.17, 15) is 31.9 Å². The summed E-state index contributed by atoms with van der Waals surface area (Å²) in [7, 11) is 0. The van der Waals surface area contributed by atoms with Crippen LogP contribution in [0.1, 0.15) is 71.5 Å². The van der Waals surface area contributed by atoms with E-state index in [-0.39, 0.29) is 23.8 Å². The van der Waals surface area contributed by atoms with Crippen molar-refractivity contribution in [2.24, 2.45) is 0 Å². The third kappa shape index (κ3) is 5.98. The second-order valence-corrected chi connectivity index (χ2v) is 9.08. The molecule has 194 valence electrons. The summed E-state index contributed by atoms with van der Waals surface area (Å²) in [5.41, 5.74) is -2.20. The van der Waals surface area contributed by atoms with Crippen molar-refractivity contribution in [3.05, 3.63) is 69.5 Å². The van der Waals surface area contributed by atoms with E-state index in [4.69, 9.17) is 11.6 Å². The topological polar surface area (TPSA) is 78.5 Å². The third-order valence-corrected chi connectivity index (χ3v) is 6.46. The van der Waals surface area contributed by atoms with Gasteiger partial charge in [0.25, 0.3) is 11.8 Å². The van der Waals surface area contributed by atoms with Crippen LogP contribution >= 0.6 is 11.6 Å². The Kier molecular flexibility index (Phi) is 7.97. The molecule has 1 atom stereocenters. The zero-order valence-electron chi connectivity index (χ0n) is 19.9. The van der Waals surface area contributed by atoms with Crippen LogP contribution in [-0.4, -0.2) is 41.2 Å². The highest BCUT2D eigenvalue weighted by Crippen LogP contribution is 2.37. The SMILES string of the molecule is CCN(CC)C(=O)c1ccc([C@@H](C)NC(=O)C2(NC(=O)c3cc(F)cc(C(F)(F)F)c3)CC2)c(Cl)c1. The number of hydrogen-bond acceptors (Lipinski definition) is 3. The van der Waals surface area contributed by atoms with Gasteiger partial charge in [-0.1, -0.05) is 17.7 Å². The molecule has 2 aromatic carbocycles. The van der Waals surface area contributed by atoms with Gasteiger partial charge in [0.05, 0.1) is 11.6 Å².